The third-order valence-electron chi connectivity index (χ3n) is 4.45. The summed E-state index contributed by atoms with van der Waals surface area (Å²) in [5.74, 6) is 0.463. The molecule has 1 heterocycles. The average Bonchev–Trinajstić information content (AvgIpc) is 2.49. The Labute approximate surface area is 127 Å². The van der Waals surface area contributed by atoms with Crippen LogP contribution < -0.4 is 5.73 Å². The van der Waals surface area contributed by atoms with E-state index in [1.165, 1.54) is 12.7 Å². The first kappa shape index (κ1) is 16.0. The maximum Gasteiger partial charge on any atom is 0.309 e. The molecule has 4 nitrogen and oxygen atoms in total. The molecule has 0 bridgehead atoms. The largest absolute Gasteiger partial charge is 0.469 e. The predicted molar refractivity (Wildman–Crippen MR) is 83.8 cm³/mol. The van der Waals surface area contributed by atoms with Crippen LogP contribution in [0.1, 0.15) is 30.9 Å². The van der Waals surface area contributed by atoms with Gasteiger partial charge in [0.1, 0.15) is 0 Å². The van der Waals surface area contributed by atoms with Crippen molar-refractivity contribution in [3.63, 3.8) is 0 Å². The van der Waals surface area contributed by atoms with E-state index in [1.54, 1.807) is 0 Å². The molecule has 0 aliphatic carbocycles. The fourth-order valence-electron chi connectivity index (χ4n) is 2.99. The number of esters is 1. The van der Waals surface area contributed by atoms with Crippen molar-refractivity contribution in [1.29, 1.82) is 0 Å². The first-order valence-electron chi connectivity index (χ1n) is 7.71. The summed E-state index contributed by atoms with van der Waals surface area (Å²) in [7, 11) is 1.43. The molecular formula is C17H26N2O2. The molecule has 1 aliphatic rings. The van der Waals surface area contributed by atoms with Gasteiger partial charge in [0, 0.05) is 12.6 Å². The monoisotopic (exact) mass is 290 g/mol. The normalized spacial score (nSPS) is 18.4. The highest BCUT2D eigenvalue weighted by atomic mass is 16.5. The predicted octanol–water partition coefficient (Wildman–Crippen LogP) is 1.96. The minimum Gasteiger partial charge on any atom is -0.469 e. The highest BCUT2D eigenvalue weighted by Gasteiger charge is 2.22. The van der Waals surface area contributed by atoms with Crippen LogP contribution in [0.4, 0.5) is 0 Å². The highest BCUT2D eigenvalue weighted by Crippen LogP contribution is 2.22. The Hall–Kier alpha value is -1.39. The molecule has 0 radical (unpaired) electrons. The van der Waals surface area contributed by atoms with Crippen molar-refractivity contribution in [2.75, 3.05) is 20.2 Å². The first-order valence-corrected chi connectivity index (χ1v) is 7.71. The Morgan fingerprint density at radius 2 is 1.95 bits per heavy atom. The number of ether oxygens (including phenoxy) is 1. The summed E-state index contributed by atoms with van der Waals surface area (Å²) < 4.78 is 4.77. The second kappa shape index (κ2) is 7.57. The van der Waals surface area contributed by atoms with E-state index in [1.807, 2.05) is 18.2 Å². The minimum atomic E-state index is -0.182. The van der Waals surface area contributed by atoms with Crippen LogP contribution in [0.5, 0.6) is 0 Å². The lowest BCUT2D eigenvalue weighted by atomic mass is 9.90. The van der Waals surface area contributed by atoms with Gasteiger partial charge in [-0.1, -0.05) is 24.3 Å². The molecule has 0 aromatic heterocycles. The summed E-state index contributed by atoms with van der Waals surface area (Å²) in [6.45, 7) is 5.17. The Balaban J connectivity index is 1.96. The number of hydrogen-bond donors (Lipinski definition) is 1. The number of likely N-dealkylation sites (tertiary alicyclic amines) is 1. The molecule has 0 amide bonds. The molecule has 1 atom stereocenters. The number of benzene rings is 1. The summed E-state index contributed by atoms with van der Waals surface area (Å²) >= 11 is 0. The molecule has 2 rings (SSSR count). The minimum absolute atomic E-state index is 0.182. The number of nitrogens with two attached hydrogens (primary N) is 1. The average molecular weight is 290 g/mol. The second-order valence-corrected chi connectivity index (χ2v) is 5.99. The van der Waals surface area contributed by atoms with Gasteiger partial charge in [-0.05, 0) is 49.9 Å². The molecule has 1 saturated heterocycles. The standard InChI is InChI=1S/C17H26N2O2/c1-13(18)14-7-9-19(10-8-14)12-16-6-4-3-5-15(16)11-17(20)21-2/h3-6,13-14H,7-12,18H2,1-2H3. The van der Waals surface area contributed by atoms with Crippen molar-refractivity contribution in [2.24, 2.45) is 11.7 Å². The number of nitrogens with zero attached hydrogens (tertiary/aromatic N) is 1. The van der Waals surface area contributed by atoms with Gasteiger partial charge in [-0.15, -0.1) is 0 Å². The number of piperidine rings is 1. The van der Waals surface area contributed by atoms with Crippen molar-refractivity contribution in [2.45, 2.75) is 38.8 Å². The highest BCUT2D eigenvalue weighted by molar-refractivity contribution is 5.72. The molecule has 1 aromatic rings. The molecule has 1 aromatic carbocycles. The third-order valence-corrected chi connectivity index (χ3v) is 4.45. The lowest BCUT2D eigenvalue weighted by Gasteiger charge is -2.34. The number of carbonyl (C=O) groups excluding carboxylic acids is 1. The number of methoxy groups -OCH3 is 1. The molecular weight excluding hydrogens is 264 g/mol. The summed E-state index contributed by atoms with van der Waals surface area (Å²) in [5.41, 5.74) is 8.28. The van der Waals surface area contributed by atoms with Crippen molar-refractivity contribution in [1.82, 2.24) is 4.90 Å². The number of carbonyl (C=O) groups is 1. The van der Waals surface area contributed by atoms with Crippen molar-refractivity contribution >= 4 is 5.97 Å². The van der Waals surface area contributed by atoms with E-state index in [2.05, 4.69) is 17.9 Å². The quantitative estimate of drug-likeness (QED) is 0.842. The van der Waals surface area contributed by atoms with Crippen LogP contribution in [-0.2, 0) is 22.5 Å². The molecule has 1 aliphatic heterocycles. The Bertz CT molecular complexity index is 466. The molecule has 4 heteroatoms. The van der Waals surface area contributed by atoms with Gasteiger partial charge in [-0.3, -0.25) is 9.69 Å². The Morgan fingerprint density at radius 3 is 2.52 bits per heavy atom. The van der Waals surface area contributed by atoms with E-state index in [9.17, 15) is 4.79 Å². The van der Waals surface area contributed by atoms with Crippen LogP contribution in [0.2, 0.25) is 0 Å². The van der Waals surface area contributed by atoms with Gasteiger partial charge < -0.3 is 10.5 Å². The van der Waals surface area contributed by atoms with Crippen molar-refractivity contribution in [3.8, 4) is 0 Å². The van der Waals surface area contributed by atoms with Crippen LogP contribution in [0.25, 0.3) is 0 Å². The van der Waals surface area contributed by atoms with Gasteiger partial charge in [-0.25, -0.2) is 0 Å². The lowest BCUT2D eigenvalue weighted by molar-refractivity contribution is -0.139. The van der Waals surface area contributed by atoms with Crippen LogP contribution in [0.3, 0.4) is 0 Å². The number of hydrogen-bond acceptors (Lipinski definition) is 4. The maximum atomic E-state index is 11.5. The summed E-state index contributed by atoms with van der Waals surface area (Å²) in [5, 5.41) is 0. The van der Waals surface area contributed by atoms with E-state index in [0.717, 1.165) is 38.0 Å². The molecule has 1 fully saturated rings. The van der Waals surface area contributed by atoms with Gasteiger partial charge in [-0.2, -0.15) is 0 Å². The Morgan fingerprint density at radius 1 is 1.33 bits per heavy atom. The first-order chi connectivity index (χ1) is 10.1. The zero-order valence-electron chi connectivity index (χ0n) is 13.0. The zero-order chi connectivity index (χ0) is 15.2. The van der Waals surface area contributed by atoms with Gasteiger partial charge >= 0.3 is 5.97 Å². The van der Waals surface area contributed by atoms with E-state index in [-0.39, 0.29) is 5.97 Å². The van der Waals surface area contributed by atoms with Gasteiger partial charge in [0.15, 0.2) is 0 Å². The topological polar surface area (TPSA) is 55.6 Å². The third kappa shape index (κ3) is 4.55. The Kier molecular flexibility index (Phi) is 5.76. The van der Waals surface area contributed by atoms with E-state index < -0.39 is 0 Å². The fourth-order valence-corrected chi connectivity index (χ4v) is 2.99. The molecule has 21 heavy (non-hydrogen) atoms. The smallest absolute Gasteiger partial charge is 0.309 e. The van der Waals surface area contributed by atoms with E-state index in [0.29, 0.717) is 18.4 Å². The molecule has 1 unspecified atom stereocenters. The van der Waals surface area contributed by atoms with Gasteiger partial charge in [0.2, 0.25) is 0 Å². The van der Waals surface area contributed by atoms with Crippen LogP contribution >= 0.6 is 0 Å². The van der Waals surface area contributed by atoms with E-state index in [4.69, 9.17) is 10.5 Å². The van der Waals surface area contributed by atoms with E-state index >= 15 is 0 Å². The van der Waals surface area contributed by atoms with Crippen molar-refractivity contribution in [3.05, 3.63) is 35.4 Å². The van der Waals surface area contributed by atoms with Crippen molar-refractivity contribution < 1.29 is 9.53 Å². The molecule has 0 saturated carbocycles. The molecule has 116 valence electrons. The SMILES string of the molecule is COC(=O)Cc1ccccc1CN1CCC(C(C)N)CC1. The van der Waals surface area contributed by atoms with Crippen LogP contribution in [0, 0.1) is 5.92 Å². The molecule has 2 N–H and O–H groups in total. The molecule has 0 spiro atoms. The maximum absolute atomic E-state index is 11.5. The fraction of sp³-hybridized carbons (Fsp3) is 0.588. The van der Waals surface area contributed by atoms with Gasteiger partial charge in [0.25, 0.3) is 0 Å². The second-order valence-electron chi connectivity index (χ2n) is 5.99. The summed E-state index contributed by atoms with van der Waals surface area (Å²) in [6.07, 6.45) is 2.68. The van der Waals surface area contributed by atoms with Crippen LogP contribution in [-0.4, -0.2) is 37.1 Å². The summed E-state index contributed by atoms with van der Waals surface area (Å²) in [6, 6.07) is 8.42. The van der Waals surface area contributed by atoms with Crippen LogP contribution in [0.15, 0.2) is 24.3 Å². The number of rotatable bonds is 5. The lowest BCUT2D eigenvalue weighted by Crippen LogP contribution is -2.39. The van der Waals surface area contributed by atoms with Gasteiger partial charge in [0.05, 0.1) is 13.5 Å². The summed E-state index contributed by atoms with van der Waals surface area (Å²) in [4.78, 5) is 13.9. The zero-order valence-corrected chi connectivity index (χ0v) is 13.0.